The molecule has 0 N–H and O–H groups in total. The molecule has 0 saturated carbocycles. The number of nitrogens with zero attached hydrogens (tertiary/aromatic N) is 6. The molecule has 0 radical (unpaired) electrons. The predicted octanol–water partition coefficient (Wildman–Crippen LogP) is 26.5. The van der Waals surface area contributed by atoms with Crippen LogP contribution in [0.3, 0.4) is 0 Å². The van der Waals surface area contributed by atoms with Gasteiger partial charge >= 0.3 is 0 Å². The first kappa shape index (κ1) is 77.8. The topological polar surface area (TPSA) is 121 Å². The van der Waals surface area contributed by atoms with Gasteiger partial charge in [0.05, 0.1) is 16.3 Å². The minimum absolute atomic E-state index is 0.365. The van der Waals surface area contributed by atoms with Gasteiger partial charge in [0.1, 0.15) is 11.5 Å². The first-order valence-electron chi connectivity index (χ1n) is 41.6. The first-order valence-corrected chi connectivity index (χ1v) is 45.0. The van der Waals surface area contributed by atoms with E-state index in [1.165, 1.54) is 0 Å². The highest BCUT2D eigenvalue weighted by molar-refractivity contribution is 7.86. The second kappa shape index (κ2) is 34.8. The van der Waals surface area contributed by atoms with Crippen molar-refractivity contribution in [2.75, 3.05) is 0 Å². The van der Waals surface area contributed by atoms with Crippen LogP contribution in [0.1, 0.15) is 0 Å². The summed E-state index contributed by atoms with van der Waals surface area (Å²) in [6.07, 6.45) is 9.41. The smallest absolute Gasteiger partial charge is 0.174 e. The second-order valence-corrected chi connectivity index (χ2v) is 36.3. The summed E-state index contributed by atoms with van der Waals surface area (Å²) >= 11 is 0. The van der Waals surface area contributed by atoms with Gasteiger partial charge in [0.25, 0.3) is 0 Å². The van der Waals surface area contributed by atoms with E-state index >= 15 is 9.13 Å². The lowest BCUT2D eigenvalue weighted by Gasteiger charge is -2.25. The molecule has 11 heteroatoms. The fraction of sp³-hybridized carbons (Fsp3) is 0. The predicted molar refractivity (Wildman–Crippen MR) is 515 cm³/mol. The quantitative estimate of drug-likeness (QED) is 0.0611. The molecule has 4 heterocycles. The third kappa shape index (κ3) is 16.2. The van der Waals surface area contributed by atoms with Crippen molar-refractivity contribution in [3.63, 3.8) is 0 Å². The van der Waals surface area contributed by atoms with Gasteiger partial charge in [-0.2, -0.15) is 0 Å². The summed E-state index contributed by atoms with van der Waals surface area (Å²) in [5.74, 6) is 2.23. The molecule has 0 bridgehead atoms. The Morgan fingerprint density at radius 2 is 0.456 bits per heavy atom. The molecule has 0 aliphatic rings. The summed E-state index contributed by atoms with van der Waals surface area (Å²) in [6.45, 7) is 0. The Balaban J connectivity index is 0.669. The van der Waals surface area contributed by atoms with Crippen LogP contribution in [0.15, 0.2) is 474 Å². The van der Waals surface area contributed by atoms with Gasteiger partial charge in [0, 0.05) is 91.1 Å². The zero-order valence-corrected chi connectivity index (χ0v) is 69.6. The van der Waals surface area contributed by atoms with Crippen LogP contribution in [0.5, 0.6) is 11.5 Å². The van der Waals surface area contributed by atoms with Crippen LogP contribution in [-0.2, 0) is 9.13 Å². The molecular formula is C114H78N6O3P2. The second-order valence-electron chi connectivity index (χ2n) is 30.8. The average Bonchev–Trinajstić information content (AvgIpc) is 0.741. The van der Waals surface area contributed by atoms with Gasteiger partial charge in [0.15, 0.2) is 31.8 Å². The Kier molecular flexibility index (Phi) is 21.6. The SMILES string of the molecule is O=P(c1ccccc1)(c1ccccc1)c1ccccc1Oc1cc(-c2cccc(-c3cccc(-c4nc(-c5cccc(-c6ccccc6)c5)nc(-c5cc(-c6ccccc6)cc(-c6ccc(-c7cccc(-c8cc(-c9cccc(-c%10cccnc%10)c9)cc(-c9cccc(-c%10cccnc%10)c9)c8)c7)cn6)c5)n4)c3)c2)ccc1P(=O)(c1ccccc1)c1ccccc1. The van der Waals surface area contributed by atoms with Crippen molar-refractivity contribution in [3.8, 4) is 168 Å². The van der Waals surface area contributed by atoms with Gasteiger partial charge in [-0.1, -0.05) is 328 Å². The average molecular weight is 1640 g/mol. The van der Waals surface area contributed by atoms with E-state index in [0.717, 1.165) is 139 Å². The van der Waals surface area contributed by atoms with Crippen LogP contribution in [0, 0.1) is 0 Å². The zero-order valence-electron chi connectivity index (χ0n) is 67.8. The third-order valence-corrected chi connectivity index (χ3v) is 29.1. The number of rotatable bonds is 22. The van der Waals surface area contributed by atoms with Crippen molar-refractivity contribution in [2.24, 2.45) is 0 Å². The Hall–Kier alpha value is -15.8. The molecule has 0 unspecified atom stereocenters. The summed E-state index contributed by atoms with van der Waals surface area (Å²) in [5, 5.41) is 3.63. The van der Waals surface area contributed by atoms with Crippen molar-refractivity contribution in [1.29, 1.82) is 0 Å². The standard InChI is InChI=1S/C114H78N6O3P2/c121-124(103-47-11-3-12-48-103,104-49-13-4-14-50-104)110-56-20-19-55-108(110)123-109-75-91(58-60-111(109)125(122,105-51-15-5-16-52-105)106-53-17-6-18-54-106)83-35-21-34-82(63-83)84-36-26-44-93(68-84)113-118-112(92-43-25-33-81(67-92)79-29-7-1-8-30-79)119-114(120-113)102-73-97(80-31-9-2-10-32-80)72-101(74-102)107-59-57-96(78-117-107)87-39-24-42-90(66-87)100-70-98(88-40-22-37-85(64-88)94-45-27-61-115-76-94)69-99(71-100)89-41-23-38-86(65-89)95-46-28-62-116-77-95/h1-78H. The van der Waals surface area contributed by atoms with E-state index in [1.54, 1.807) is 0 Å². The summed E-state index contributed by atoms with van der Waals surface area (Å²) in [7, 11) is -7.28. The first-order chi connectivity index (χ1) is 61.6. The monoisotopic (exact) mass is 1640 g/mol. The molecule has 592 valence electrons. The van der Waals surface area contributed by atoms with Gasteiger partial charge in [-0.05, 0) is 210 Å². The number of benzene rings is 16. The fourth-order valence-corrected chi connectivity index (χ4v) is 22.1. The number of aromatic nitrogens is 6. The van der Waals surface area contributed by atoms with Crippen LogP contribution in [0.25, 0.3) is 157 Å². The number of pyridine rings is 3. The van der Waals surface area contributed by atoms with E-state index in [2.05, 4.69) is 259 Å². The van der Waals surface area contributed by atoms with Gasteiger partial charge in [0.2, 0.25) is 0 Å². The molecule has 0 spiro atoms. The largest absolute Gasteiger partial charge is 0.456 e. The molecule has 20 aromatic rings. The summed E-state index contributed by atoms with van der Waals surface area (Å²) in [6, 6.07) is 150. The lowest BCUT2D eigenvalue weighted by molar-refractivity contribution is 0.489. The van der Waals surface area contributed by atoms with Crippen LogP contribution in [0.4, 0.5) is 0 Å². The van der Waals surface area contributed by atoms with E-state index in [4.69, 9.17) is 24.7 Å². The molecule has 9 nitrogen and oxygen atoms in total. The highest BCUT2D eigenvalue weighted by Gasteiger charge is 2.37. The van der Waals surface area contributed by atoms with E-state index < -0.39 is 14.3 Å². The Morgan fingerprint density at radius 3 is 0.864 bits per heavy atom. The molecule has 16 aromatic carbocycles. The summed E-state index contributed by atoms with van der Waals surface area (Å²) in [5.41, 5.74) is 24.6. The minimum atomic E-state index is -3.69. The van der Waals surface area contributed by atoms with Gasteiger partial charge in [-0.3, -0.25) is 15.0 Å². The normalized spacial score (nSPS) is 11.4. The van der Waals surface area contributed by atoms with E-state index in [9.17, 15) is 0 Å². The van der Waals surface area contributed by atoms with Gasteiger partial charge < -0.3 is 13.9 Å². The molecule has 0 amide bonds. The molecule has 0 atom stereocenters. The van der Waals surface area contributed by atoms with Crippen molar-refractivity contribution >= 4 is 46.1 Å². The van der Waals surface area contributed by atoms with Gasteiger partial charge in [-0.15, -0.1) is 0 Å². The maximum Gasteiger partial charge on any atom is 0.174 e. The van der Waals surface area contributed by atoms with E-state index in [-0.39, 0.29) is 0 Å². The van der Waals surface area contributed by atoms with Crippen LogP contribution < -0.4 is 36.6 Å². The van der Waals surface area contributed by atoms with Crippen molar-refractivity contribution in [2.45, 2.75) is 0 Å². The molecular weight excluding hydrogens is 1560 g/mol. The molecule has 0 aliphatic heterocycles. The summed E-state index contributed by atoms with van der Waals surface area (Å²) in [4.78, 5) is 30.5. The van der Waals surface area contributed by atoms with E-state index in [1.807, 2.05) is 225 Å². The zero-order chi connectivity index (χ0) is 83.9. The molecule has 4 aromatic heterocycles. The number of hydrogen-bond acceptors (Lipinski definition) is 9. The minimum Gasteiger partial charge on any atom is -0.456 e. The van der Waals surface area contributed by atoms with Crippen LogP contribution in [-0.4, -0.2) is 29.9 Å². The molecule has 20 rings (SSSR count). The highest BCUT2D eigenvalue weighted by Crippen LogP contribution is 2.50. The highest BCUT2D eigenvalue weighted by atomic mass is 31.2. The Bertz CT molecular complexity index is 7230. The molecule has 0 saturated heterocycles. The Morgan fingerprint density at radius 1 is 0.184 bits per heavy atom. The van der Waals surface area contributed by atoms with Crippen molar-refractivity contribution < 1.29 is 13.9 Å². The maximum absolute atomic E-state index is 16.7. The maximum atomic E-state index is 16.7. The summed E-state index contributed by atoms with van der Waals surface area (Å²) < 4.78 is 40.3. The van der Waals surface area contributed by atoms with Crippen LogP contribution >= 0.6 is 14.3 Å². The van der Waals surface area contributed by atoms with Crippen molar-refractivity contribution in [3.05, 3.63) is 474 Å². The van der Waals surface area contributed by atoms with Gasteiger partial charge in [-0.25, -0.2) is 15.0 Å². The lowest BCUT2D eigenvalue weighted by atomic mass is 9.90. The van der Waals surface area contributed by atoms with Crippen molar-refractivity contribution in [1.82, 2.24) is 29.9 Å². The Labute approximate surface area is 727 Å². The lowest BCUT2D eigenvalue weighted by Crippen LogP contribution is -2.28. The number of hydrogen-bond donors (Lipinski definition) is 0. The number of ether oxygens (including phenoxy) is 1. The molecule has 125 heavy (non-hydrogen) atoms. The number of para-hydroxylation sites is 1. The molecule has 0 fully saturated rings. The molecule has 0 aliphatic carbocycles. The third-order valence-electron chi connectivity index (χ3n) is 22.9. The van der Waals surface area contributed by atoms with E-state index in [0.29, 0.717) is 60.8 Å². The fourth-order valence-electron chi connectivity index (χ4n) is 16.6. The van der Waals surface area contributed by atoms with Crippen LogP contribution in [0.2, 0.25) is 0 Å².